The van der Waals surface area contributed by atoms with Crippen molar-refractivity contribution in [3.63, 3.8) is 0 Å². The lowest BCUT2D eigenvalue weighted by Gasteiger charge is -2.18. The van der Waals surface area contributed by atoms with E-state index in [0.717, 1.165) is 17.8 Å². The average Bonchev–Trinajstić information content (AvgIpc) is 2.90. The minimum Gasteiger partial charge on any atom is -0.356 e. The molecule has 2 aliphatic carbocycles. The molecule has 1 atom stereocenters. The molecule has 0 amide bonds. The van der Waals surface area contributed by atoms with E-state index in [0.29, 0.717) is 5.92 Å². The Balaban J connectivity index is 1.16. The first-order valence-corrected chi connectivity index (χ1v) is 12.9. The lowest BCUT2D eigenvalue weighted by molar-refractivity contribution is 0.839. The summed E-state index contributed by atoms with van der Waals surface area (Å²) >= 11 is 0. The molecule has 176 valence electrons. The highest BCUT2D eigenvalue weighted by molar-refractivity contribution is 5.76. The minimum atomic E-state index is 0.477. The van der Waals surface area contributed by atoms with Crippen molar-refractivity contribution >= 4 is 23.5 Å². The predicted octanol–water partition coefficient (Wildman–Crippen LogP) is 9.36. The molecule has 1 nitrogen and oxygen atoms in total. The Morgan fingerprint density at radius 2 is 1.44 bits per heavy atom. The fraction of sp³-hybridized carbons (Fsp3) is 0.143. The first-order chi connectivity index (χ1) is 17.7. The van der Waals surface area contributed by atoms with Gasteiger partial charge in [0.05, 0.1) is 0 Å². The lowest BCUT2D eigenvalue weighted by atomic mass is 9.87. The van der Waals surface area contributed by atoms with Gasteiger partial charge in [0.1, 0.15) is 0 Å². The second kappa shape index (κ2) is 9.87. The van der Waals surface area contributed by atoms with Crippen LogP contribution in [0, 0.1) is 0 Å². The number of rotatable bonds is 6. The van der Waals surface area contributed by atoms with Crippen molar-refractivity contribution in [3.8, 4) is 11.1 Å². The SMILES string of the molecule is CC1=CCC(c2ccc(Nc3cccc(-c4cccc(/C=C/c5ccc6c(c5)CC6)c4)c3)cc2)C=C1. The van der Waals surface area contributed by atoms with Gasteiger partial charge in [-0.3, -0.25) is 0 Å². The molecular formula is C35H31N. The highest BCUT2D eigenvalue weighted by Crippen LogP contribution is 2.30. The number of anilines is 2. The predicted molar refractivity (Wildman–Crippen MR) is 155 cm³/mol. The van der Waals surface area contributed by atoms with Gasteiger partial charge in [-0.2, -0.15) is 0 Å². The van der Waals surface area contributed by atoms with Gasteiger partial charge in [-0.25, -0.2) is 0 Å². The van der Waals surface area contributed by atoms with Crippen LogP contribution in [0.25, 0.3) is 23.3 Å². The van der Waals surface area contributed by atoms with Crippen molar-refractivity contribution in [2.24, 2.45) is 0 Å². The molecule has 1 N–H and O–H groups in total. The molecule has 2 aliphatic rings. The van der Waals surface area contributed by atoms with E-state index in [1.165, 1.54) is 57.4 Å². The largest absolute Gasteiger partial charge is 0.356 e. The zero-order valence-electron chi connectivity index (χ0n) is 20.7. The van der Waals surface area contributed by atoms with Crippen LogP contribution in [0.5, 0.6) is 0 Å². The quantitative estimate of drug-likeness (QED) is 0.280. The summed E-state index contributed by atoms with van der Waals surface area (Å²) in [6, 6.07) is 33.1. The third-order valence-electron chi connectivity index (χ3n) is 7.36. The maximum Gasteiger partial charge on any atom is 0.0390 e. The molecule has 36 heavy (non-hydrogen) atoms. The molecule has 0 spiro atoms. The van der Waals surface area contributed by atoms with Gasteiger partial charge < -0.3 is 5.32 Å². The fourth-order valence-electron chi connectivity index (χ4n) is 5.06. The summed E-state index contributed by atoms with van der Waals surface area (Å²) in [6.45, 7) is 2.16. The van der Waals surface area contributed by atoms with Gasteiger partial charge in [0.25, 0.3) is 0 Å². The highest BCUT2D eigenvalue weighted by atomic mass is 14.9. The molecular weight excluding hydrogens is 434 g/mol. The monoisotopic (exact) mass is 465 g/mol. The van der Waals surface area contributed by atoms with Gasteiger partial charge in [-0.1, -0.05) is 96.6 Å². The van der Waals surface area contributed by atoms with Crippen LogP contribution < -0.4 is 5.32 Å². The molecule has 0 bridgehead atoms. The maximum atomic E-state index is 3.58. The van der Waals surface area contributed by atoms with Gasteiger partial charge in [0, 0.05) is 17.3 Å². The number of allylic oxidation sites excluding steroid dienone is 4. The van der Waals surface area contributed by atoms with E-state index >= 15 is 0 Å². The Labute approximate surface area is 214 Å². The van der Waals surface area contributed by atoms with Crippen molar-refractivity contribution in [1.29, 1.82) is 0 Å². The van der Waals surface area contributed by atoms with Crippen LogP contribution in [0.1, 0.15) is 47.1 Å². The summed E-state index contributed by atoms with van der Waals surface area (Å²) in [6.07, 6.45) is 14.8. The average molecular weight is 466 g/mol. The molecule has 1 heteroatoms. The highest BCUT2D eigenvalue weighted by Gasteiger charge is 2.12. The molecule has 0 saturated carbocycles. The molecule has 6 rings (SSSR count). The lowest BCUT2D eigenvalue weighted by Crippen LogP contribution is -2.07. The van der Waals surface area contributed by atoms with Gasteiger partial charge >= 0.3 is 0 Å². The Kier molecular flexibility index (Phi) is 6.13. The summed E-state index contributed by atoms with van der Waals surface area (Å²) in [7, 11) is 0. The fourth-order valence-corrected chi connectivity index (χ4v) is 5.06. The van der Waals surface area contributed by atoms with E-state index in [-0.39, 0.29) is 0 Å². The molecule has 0 heterocycles. The first kappa shape index (κ1) is 22.4. The second-order valence-corrected chi connectivity index (χ2v) is 9.96. The zero-order valence-corrected chi connectivity index (χ0v) is 20.7. The minimum absolute atomic E-state index is 0.477. The summed E-state index contributed by atoms with van der Waals surface area (Å²) in [4.78, 5) is 0. The molecule has 4 aromatic carbocycles. The van der Waals surface area contributed by atoms with E-state index < -0.39 is 0 Å². The number of benzene rings is 4. The topological polar surface area (TPSA) is 12.0 Å². The summed E-state index contributed by atoms with van der Waals surface area (Å²) in [5.74, 6) is 0.477. The van der Waals surface area contributed by atoms with Crippen molar-refractivity contribution < 1.29 is 0 Å². The Morgan fingerprint density at radius 1 is 0.694 bits per heavy atom. The summed E-state index contributed by atoms with van der Waals surface area (Å²) < 4.78 is 0. The molecule has 0 aromatic heterocycles. The Hall–Kier alpha value is -4.10. The smallest absolute Gasteiger partial charge is 0.0390 e. The van der Waals surface area contributed by atoms with Crippen molar-refractivity contribution in [2.75, 3.05) is 5.32 Å². The zero-order chi connectivity index (χ0) is 24.3. The van der Waals surface area contributed by atoms with Crippen LogP contribution in [-0.2, 0) is 12.8 Å². The molecule has 0 saturated heterocycles. The van der Waals surface area contributed by atoms with Crippen LogP contribution in [0.3, 0.4) is 0 Å². The number of nitrogens with one attached hydrogen (secondary N) is 1. The number of fused-ring (bicyclic) bond motifs is 1. The van der Waals surface area contributed by atoms with Crippen LogP contribution in [0.2, 0.25) is 0 Å². The van der Waals surface area contributed by atoms with Crippen LogP contribution in [0.4, 0.5) is 11.4 Å². The first-order valence-electron chi connectivity index (χ1n) is 12.9. The normalized spacial score (nSPS) is 16.4. The van der Waals surface area contributed by atoms with Gasteiger partial charge in [-0.15, -0.1) is 0 Å². The molecule has 4 aromatic rings. The number of hydrogen-bond acceptors (Lipinski definition) is 1. The molecule has 1 unspecified atom stereocenters. The van der Waals surface area contributed by atoms with E-state index in [9.17, 15) is 0 Å². The summed E-state index contributed by atoms with van der Waals surface area (Å²) in [5, 5.41) is 3.58. The van der Waals surface area contributed by atoms with Crippen LogP contribution >= 0.6 is 0 Å². The maximum absolute atomic E-state index is 3.58. The Morgan fingerprint density at radius 3 is 2.17 bits per heavy atom. The molecule has 0 fully saturated rings. The second-order valence-electron chi connectivity index (χ2n) is 9.96. The summed E-state index contributed by atoms with van der Waals surface area (Å²) in [5.41, 5.74) is 12.9. The van der Waals surface area contributed by atoms with Crippen LogP contribution in [-0.4, -0.2) is 0 Å². The Bertz CT molecular complexity index is 1480. The third kappa shape index (κ3) is 4.97. The van der Waals surface area contributed by atoms with E-state index in [4.69, 9.17) is 0 Å². The van der Waals surface area contributed by atoms with Crippen molar-refractivity contribution in [2.45, 2.75) is 32.1 Å². The van der Waals surface area contributed by atoms with Crippen molar-refractivity contribution in [1.82, 2.24) is 0 Å². The molecule has 0 radical (unpaired) electrons. The standard InChI is InChI=1S/C35H31N/c1-25-8-13-28(14-9-25)29-18-20-34(21-19-29)36-35-7-3-6-32(24-35)31-5-2-4-26(22-31)10-11-27-12-15-30-16-17-33(30)23-27/h2-13,15,18-24,28,36H,14,16-17H2,1H3/b11-10+. The van der Waals surface area contributed by atoms with E-state index in [1.807, 2.05) is 0 Å². The van der Waals surface area contributed by atoms with Gasteiger partial charge in [0.15, 0.2) is 0 Å². The third-order valence-corrected chi connectivity index (χ3v) is 7.36. The number of aryl methyl sites for hydroxylation is 2. The van der Waals surface area contributed by atoms with Gasteiger partial charge in [-0.05, 0) is 95.5 Å². The number of hydrogen-bond donors (Lipinski definition) is 1. The van der Waals surface area contributed by atoms with Gasteiger partial charge in [0.2, 0.25) is 0 Å². The van der Waals surface area contributed by atoms with Crippen molar-refractivity contribution in [3.05, 3.63) is 143 Å². The van der Waals surface area contributed by atoms with Crippen LogP contribution in [0.15, 0.2) is 115 Å². The molecule has 0 aliphatic heterocycles. The van der Waals surface area contributed by atoms with E-state index in [1.54, 1.807) is 0 Å². The van der Waals surface area contributed by atoms with E-state index in [2.05, 4.69) is 134 Å².